The molecule has 0 aliphatic heterocycles. The van der Waals surface area contributed by atoms with E-state index in [1.807, 2.05) is 0 Å². The minimum Gasteiger partial charge on any atom is -0.459 e. The summed E-state index contributed by atoms with van der Waals surface area (Å²) in [6.45, 7) is 0. The van der Waals surface area contributed by atoms with Crippen LogP contribution in [0.5, 0.6) is 0 Å². The first-order valence-electron chi connectivity index (χ1n) is 7.15. The minimum absolute atomic E-state index is 0.163. The van der Waals surface area contributed by atoms with Crippen LogP contribution in [0.2, 0.25) is 5.02 Å². The van der Waals surface area contributed by atoms with Crippen molar-refractivity contribution in [3.8, 4) is 0 Å². The molecule has 0 saturated carbocycles. The number of carbonyl (C=O) groups excluding carboxylic acids is 2. The summed E-state index contributed by atoms with van der Waals surface area (Å²) in [7, 11) is 0. The Morgan fingerprint density at radius 3 is 2.17 bits per heavy atom. The first-order valence-corrected chi connectivity index (χ1v) is 7.53. The Labute approximate surface area is 143 Å². The molecule has 0 aliphatic rings. The molecule has 2 N–H and O–H groups in total. The maximum absolute atomic E-state index is 12.5. The molecular weight excluding hydrogens is 328 g/mol. The third kappa shape index (κ3) is 3.47. The average molecular weight is 341 g/mol. The number of hydrogen-bond acceptors (Lipinski definition) is 3. The molecule has 5 nitrogen and oxygen atoms in total. The van der Waals surface area contributed by atoms with Crippen molar-refractivity contribution in [2.75, 3.05) is 10.6 Å². The fraction of sp³-hybridized carbons (Fsp3) is 0. The van der Waals surface area contributed by atoms with E-state index in [2.05, 4.69) is 10.6 Å². The maximum atomic E-state index is 12.5. The maximum Gasteiger partial charge on any atom is 0.291 e. The second kappa shape index (κ2) is 7.02. The van der Waals surface area contributed by atoms with E-state index in [-0.39, 0.29) is 11.7 Å². The van der Waals surface area contributed by atoms with Crippen LogP contribution in [0.1, 0.15) is 20.9 Å². The van der Waals surface area contributed by atoms with Gasteiger partial charge in [0, 0.05) is 0 Å². The molecule has 0 fully saturated rings. The van der Waals surface area contributed by atoms with Crippen LogP contribution in [0.25, 0.3) is 0 Å². The first kappa shape index (κ1) is 15.8. The van der Waals surface area contributed by atoms with Crippen LogP contribution in [0.3, 0.4) is 0 Å². The van der Waals surface area contributed by atoms with Crippen LogP contribution in [-0.2, 0) is 0 Å². The van der Waals surface area contributed by atoms with Crippen molar-refractivity contribution in [1.82, 2.24) is 0 Å². The standard InChI is InChI=1S/C18H13ClN2O3/c19-13-7-2-4-9-15(13)21-17(22)12-6-1-3-8-14(12)20-18(23)16-10-5-11-24-16/h1-11H,(H,20,23)(H,21,22). The molecule has 1 aromatic heterocycles. The topological polar surface area (TPSA) is 71.3 Å². The number of carbonyl (C=O) groups is 2. The second-order valence-corrected chi connectivity index (χ2v) is 5.32. The Morgan fingerprint density at radius 2 is 1.46 bits per heavy atom. The first-order chi connectivity index (χ1) is 11.6. The highest BCUT2D eigenvalue weighted by Gasteiger charge is 2.16. The number of furan rings is 1. The largest absolute Gasteiger partial charge is 0.459 e. The molecule has 0 radical (unpaired) electrons. The van der Waals surface area contributed by atoms with Crippen molar-refractivity contribution >= 4 is 34.8 Å². The summed E-state index contributed by atoms with van der Waals surface area (Å²) >= 11 is 6.05. The van der Waals surface area contributed by atoms with Crippen molar-refractivity contribution in [3.05, 3.63) is 83.3 Å². The summed E-state index contributed by atoms with van der Waals surface area (Å²) in [5.74, 6) is -0.646. The lowest BCUT2D eigenvalue weighted by atomic mass is 10.1. The van der Waals surface area contributed by atoms with Gasteiger partial charge in [-0.1, -0.05) is 35.9 Å². The van der Waals surface area contributed by atoms with E-state index < -0.39 is 5.91 Å². The number of anilines is 2. The van der Waals surface area contributed by atoms with Crippen LogP contribution in [0.15, 0.2) is 71.3 Å². The van der Waals surface area contributed by atoms with E-state index in [9.17, 15) is 9.59 Å². The van der Waals surface area contributed by atoms with Crippen LogP contribution < -0.4 is 10.6 Å². The number of hydrogen-bond donors (Lipinski definition) is 2. The van der Waals surface area contributed by atoms with Crippen LogP contribution >= 0.6 is 11.6 Å². The van der Waals surface area contributed by atoms with E-state index in [1.54, 1.807) is 60.7 Å². The molecule has 120 valence electrons. The quantitative estimate of drug-likeness (QED) is 0.737. The molecule has 1 heterocycles. The van der Waals surface area contributed by atoms with Gasteiger partial charge < -0.3 is 15.1 Å². The lowest BCUT2D eigenvalue weighted by Crippen LogP contribution is -2.18. The van der Waals surface area contributed by atoms with Gasteiger partial charge in [0.15, 0.2) is 5.76 Å². The molecule has 0 aliphatic carbocycles. The third-order valence-corrected chi connectivity index (χ3v) is 3.62. The van der Waals surface area contributed by atoms with E-state index in [0.717, 1.165) is 0 Å². The second-order valence-electron chi connectivity index (χ2n) is 4.91. The van der Waals surface area contributed by atoms with Gasteiger partial charge in [0.2, 0.25) is 0 Å². The van der Waals surface area contributed by atoms with E-state index in [0.29, 0.717) is 22.0 Å². The van der Waals surface area contributed by atoms with Gasteiger partial charge in [-0.3, -0.25) is 9.59 Å². The van der Waals surface area contributed by atoms with Gasteiger partial charge in [0.25, 0.3) is 11.8 Å². The highest BCUT2D eigenvalue weighted by atomic mass is 35.5. The summed E-state index contributed by atoms with van der Waals surface area (Å²) in [5, 5.41) is 5.83. The van der Waals surface area contributed by atoms with Gasteiger partial charge in [-0.05, 0) is 36.4 Å². The van der Waals surface area contributed by atoms with Gasteiger partial charge in [-0.15, -0.1) is 0 Å². The zero-order valence-corrected chi connectivity index (χ0v) is 13.2. The highest BCUT2D eigenvalue weighted by Crippen LogP contribution is 2.23. The third-order valence-electron chi connectivity index (χ3n) is 3.29. The summed E-state index contributed by atoms with van der Waals surface area (Å²) in [5.41, 5.74) is 1.19. The van der Waals surface area contributed by atoms with Crippen molar-refractivity contribution in [3.63, 3.8) is 0 Å². The molecule has 2 amide bonds. The fourth-order valence-corrected chi connectivity index (χ4v) is 2.32. The van der Waals surface area contributed by atoms with Gasteiger partial charge in [-0.25, -0.2) is 0 Å². The highest BCUT2D eigenvalue weighted by molar-refractivity contribution is 6.34. The normalized spacial score (nSPS) is 10.2. The molecule has 0 bridgehead atoms. The van der Waals surface area contributed by atoms with Crippen LogP contribution in [-0.4, -0.2) is 11.8 Å². The van der Waals surface area contributed by atoms with Crippen molar-refractivity contribution in [2.45, 2.75) is 0 Å². The smallest absolute Gasteiger partial charge is 0.291 e. The monoisotopic (exact) mass is 340 g/mol. The SMILES string of the molecule is O=C(Nc1ccccc1C(=O)Nc1ccccc1Cl)c1ccco1. The van der Waals surface area contributed by atoms with E-state index >= 15 is 0 Å². The molecule has 0 atom stereocenters. The Morgan fingerprint density at radius 1 is 0.792 bits per heavy atom. The zero-order valence-electron chi connectivity index (χ0n) is 12.5. The molecule has 2 aromatic carbocycles. The summed E-state index contributed by atoms with van der Waals surface area (Å²) in [6.07, 6.45) is 1.41. The van der Waals surface area contributed by atoms with Crippen molar-refractivity contribution < 1.29 is 14.0 Å². The van der Waals surface area contributed by atoms with Gasteiger partial charge in [-0.2, -0.15) is 0 Å². The van der Waals surface area contributed by atoms with Gasteiger partial charge in [0.1, 0.15) is 0 Å². The lowest BCUT2D eigenvalue weighted by molar-refractivity contribution is 0.0996. The van der Waals surface area contributed by atoms with Gasteiger partial charge in [0.05, 0.1) is 28.2 Å². The number of nitrogens with one attached hydrogen (secondary N) is 2. The predicted octanol–water partition coefficient (Wildman–Crippen LogP) is 4.44. The number of rotatable bonds is 4. The lowest BCUT2D eigenvalue weighted by Gasteiger charge is -2.11. The minimum atomic E-state index is -0.432. The Bertz CT molecular complexity index is 875. The van der Waals surface area contributed by atoms with E-state index in [1.165, 1.54) is 6.26 Å². The summed E-state index contributed by atoms with van der Waals surface area (Å²) < 4.78 is 5.05. The Hall–Kier alpha value is -3.05. The number of halogens is 1. The van der Waals surface area contributed by atoms with Crippen molar-refractivity contribution in [1.29, 1.82) is 0 Å². The molecule has 0 spiro atoms. The van der Waals surface area contributed by atoms with Gasteiger partial charge >= 0.3 is 0 Å². The average Bonchev–Trinajstić information content (AvgIpc) is 3.12. The summed E-state index contributed by atoms with van der Waals surface area (Å²) in [6, 6.07) is 16.8. The molecule has 6 heteroatoms. The molecule has 0 saturated heterocycles. The van der Waals surface area contributed by atoms with E-state index in [4.69, 9.17) is 16.0 Å². The molecule has 3 aromatic rings. The number of para-hydroxylation sites is 2. The Kier molecular flexibility index (Phi) is 4.63. The fourth-order valence-electron chi connectivity index (χ4n) is 2.13. The predicted molar refractivity (Wildman–Crippen MR) is 92.5 cm³/mol. The van der Waals surface area contributed by atoms with Crippen LogP contribution in [0.4, 0.5) is 11.4 Å². The molecular formula is C18H13ClN2O3. The molecule has 3 rings (SSSR count). The number of benzene rings is 2. The van der Waals surface area contributed by atoms with Crippen molar-refractivity contribution in [2.24, 2.45) is 0 Å². The molecule has 0 unspecified atom stereocenters. The Balaban J connectivity index is 1.82. The summed E-state index contributed by atoms with van der Waals surface area (Å²) in [4.78, 5) is 24.6. The molecule has 24 heavy (non-hydrogen) atoms. The van der Waals surface area contributed by atoms with Crippen LogP contribution in [0, 0.1) is 0 Å². The zero-order chi connectivity index (χ0) is 16.9. The number of amides is 2.